The Morgan fingerprint density at radius 2 is 2.31 bits per heavy atom. The van der Waals surface area contributed by atoms with Crippen LogP contribution in [0, 0.1) is 6.92 Å². The molecule has 84 valence electrons. The lowest BCUT2D eigenvalue weighted by Crippen LogP contribution is -1.98. The van der Waals surface area contributed by atoms with Gasteiger partial charge in [0, 0.05) is 6.20 Å². The molecule has 0 amide bonds. The van der Waals surface area contributed by atoms with E-state index >= 15 is 0 Å². The first-order valence-electron chi connectivity index (χ1n) is 4.70. The van der Waals surface area contributed by atoms with Gasteiger partial charge in [-0.3, -0.25) is 0 Å². The summed E-state index contributed by atoms with van der Waals surface area (Å²) in [5.41, 5.74) is 0.259. The van der Waals surface area contributed by atoms with Gasteiger partial charge in [0.25, 0.3) is 0 Å². The van der Waals surface area contributed by atoms with Crippen LogP contribution in [0.2, 0.25) is 0 Å². The van der Waals surface area contributed by atoms with Crippen LogP contribution < -0.4 is 0 Å². The van der Waals surface area contributed by atoms with Gasteiger partial charge in [0.05, 0.1) is 16.7 Å². The topological polar surface area (TPSA) is 55.4 Å². The fourth-order valence-electron chi connectivity index (χ4n) is 1.45. The lowest BCUT2D eigenvalue weighted by molar-refractivity contribution is 0.0697. The first kappa shape index (κ1) is 11.0. The molecule has 0 bridgehead atoms. The van der Waals surface area contributed by atoms with Crippen molar-refractivity contribution >= 4 is 21.9 Å². The first-order chi connectivity index (χ1) is 7.56. The molecule has 0 fully saturated rings. The largest absolute Gasteiger partial charge is 0.478 e. The SMILES string of the molecule is Cc1ccc(Cn2cc(C(=O)O)cc2Br)o1. The summed E-state index contributed by atoms with van der Waals surface area (Å²) in [4.78, 5) is 10.8. The molecule has 0 atom stereocenters. The third kappa shape index (κ3) is 2.19. The third-order valence-corrected chi connectivity index (χ3v) is 2.90. The number of carboxylic acids is 1. The van der Waals surface area contributed by atoms with E-state index in [1.165, 1.54) is 0 Å². The fourth-order valence-corrected chi connectivity index (χ4v) is 1.93. The van der Waals surface area contributed by atoms with Crippen LogP contribution in [0.5, 0.6) is 0 Å². The minimum Gasteiger partial charge on any atom is -0.478 e. The number of hydrogen-bond donors (Lipinski definition) is 1. The van der Waals surface area contributed by atoms with E-state index in [1.54, 1.807) is 16.8 Å². The number of aromatic carboxylic acids is 1. The maximum absolute atomic E-state index is 10.8. The Bertz CT molecular complexity index is 527. The van der Waals surface area contributed by atoms with Crippen LogP contribution in [0.1, 0.15) is 21.9 Å². The highest BCUT2D eigenvalue weighted by atomic mass is 79.9. The van der Waals surface area contributed by atoms with E-state index in [1.807, 2.05) is 19.1 Å². The number of aromatic nitrogens is 1. The van der Waals surface area contributed by atoms with Crippen LogP contribution in [0.15, 0.2) is 33.4 Å². The molecule has 0 aliphatic heterocycles. The maximum atomic E-state index is 10.8. The predicted octanol–water partition coefficient (Wildman–Crippen LogP) is 2.90. The summed E-state index contributed by atoms with van der Waals surface area (Å²) >= 11 is 3.31. The van der Waals surface area contributed by atoms with E-state index in [4.69, 9.17) is 9.52 Å². The lowest BCUT2D eigenvalue weighted by Gasteiger charge is -2.01. The van der Waals surface area contributed by atoms with Gasteiger partial charge in [-0.25, -0.2) is 4.79 Å². The van der Waals surface area contributed by atoms with Crippen LogP contribution in [0.4, 0.5) is 0 Å². The van der Waals surface area contributed by atoms with Crippen molar-refractivity contribution in [1.29, 1.82) is 0 Å². The Kier molecular flexibility index (Phi) is 2.87. The monoisotopic (exact) mass is 283 g/mol. The average molecular weight is 284 g/mol. The zero-order valence-electron chi connectivity index (χ0n) is 8.61. The van der Waals surface area contributed by atoms with Gasteiger partial charge >= 0.3 is 5.97 Å². The number of aryl methyl sites for hydroxylation is 1. The third-order valence-electron chi connectivity index (χ3n) is 2.21. The number of furan rings is 1. The van der Waals surface area contributed by atoms with Crippen LogP contribution >= 0.6 is 15.9 Å². The van der Waals surface area contributed by atoms with E-state index in [0.717, 1.165) is 16.1 Å². The quantitative estimate of drug-likeness (QED) is 0.942. The number of carbonyl (C=O) groups is 1. The van der Waals surface area contributed by atoms with E-state index < -0.39 is 5.97 Å². The Morgan fingerprint density at radius 1 is 1.56 bits per heavy atom. The molecule has 0 aromatic carbocycles. The molecular formula is C11H10BrNO3. The molecule has 0 radical (unpaired) electrons. The van der Waals surface area contributed by atoms with Crippen LogP contribution in [-0.2, 0) is 6.54 Å². The summed E-state index contributed by atoms with van der Waals surface area (Å²) in [5.74, 6) is 0.706. The summed E-state index contributed by atoms with van der Waals surface area (Å²) in [5, 5.41) is 8.84. The molecule has 5 heteroatoms. The molecule has 0 saturated heterocycles. The van der Waals surface area contributed by atoms with Crippen molar-refractivity contribution in [3.8, 4) is 0 Å². The number of rotatable bonds is 3. The van der Waals surface area contributed by atoms with E-state index in [2.05, 4.69) is 15.9 Å². The Balaban J connectivity index is 2.24. The summed E-state index contributed by atoms with van der Waals surface area (Å²) < 4.78 is 7.92. The highest BCUT2D eigenvalue weighted by Gasteiger charge is 2.10. The second kappa shape index (κ2) is 4.17. The van der Waals surface area contributed by atoms with Crippen molar-refractivity contribution in [3.05, 3.63) is 46.1 Å². The Morgan fingerprint density at radius 3 is 2.81 bits per heavy atom. The van der Waals surface area contributed by atoms with E-state index in [9.17, 15) is 4.79 Å². The number of halogens is 1. The minimum absolute atomic E-state index is 0.259. The maximum Gasteiger partial charge on any atom is 0.337 e. The second-order valence-corrected chi connectivity index (χ2v) is 4.31. The van der Waals surface area contributed by atoms with Crippen molar-refractivity contribution in [2.24, 2.45) is 0 Å². The highest BCUT2D eigenvalue weighted by Crippen LogP contribution is 2.18. The summed E-state index contributed by atoms with van der Waals surface area (Å²) in [6.07, 6.45) is 1.57. The molecule has 0 spiro atoms. The van der Waals surface area contributed by atoms with Crippen molar-refractivity contribution in [3.63, 3.8) is 0 Å². The average Bonchev–Trinajstić information content (AvgIpc) is 2.75. The molecule has 2 rings (SSSR count). The molecular weight excluding hydrogens is 274 g/mol. The van der Waals surface area contributed by atoms with Crippen molar-refractivity contribution in [2.75, 3.05) is 0 Å². The molecule has 2 heterocycles. The standard InChI is InChI=1S/C11H10BrNO3/c1-7-2-3-9(16-7)6-13-5-8(11(14)15)4-10(13)12/h2-5H,6H2,1H3,(H,14,15). The predicted molar refractivity (Wildman–Crippen MR) is 61.6 cm³/mol. The molecule has 16 heavy (non-hydrogen) atoms. The summed E-state index contributed by atoms with van der Waals surface area (Å²) in [6, 6.07) is 5.32. The molecule has 0 aliphatic rings. The van der Waals surface area contributed by atoms with E-state index in [-0.39, 0.29) is 5.56 Å². The van der Waals surface area contributed by atoms with Crippen molar-refractivity contribution in [1.82, 2.24) is 4.57 Å². The molecule has 0 saturated carbocycles. The van der Waals surface area contributed by atoms with Gasteiger partial charge < -0.3 is 14.1 Å². The van der Waals surface area contributed by atoms with Crippen molar-refractivity contribution < 1.29 is 14.3 Å². The van der Waals surface area contributed by atoms with Crippen LogP contribution in [0.3, 0.4) is 0 Å². The second-order valence-electron chi connectivity index (χ2n) is 3.50. The molecule has 0 aliphatic carbocycles. The van der Waals surface area contributed by atoms with Gasteiger partial charge in [-0.15, -0.1) is 0 Å². The number of carboxylic acid groups (broad SMARTS) is 1. The molecule has 1 N–H and O–H groups in total. The number of nitrogens with zero attached hydrogens (tertiary/aromatic N) is 1. The summed E-state index contributed by atoms with van der Waals surface area (Å²) in [7, 11) is 0. The molecule has 2 aromatic heterocycles. The molecule has 4 nitrogen and oxygen atoms in total. The smallest absolute Gasteiger partial charge is 0.337 e. The van der Waals surface area contributed by atoms with Crippen LogP contribution in [-0.4, -0.2) is 15.6 Å². The van der Waals surface area contributed by atoms with Gasteiger partial charge in [0.2, 0.25) is 0 Å². The van der Waals surface area contributed by atoms with Crippen LogP contribution in [0.25, 0.3) is 0 Å². The minimum atomic E-state index is -0.935. The lowest BCUT2D eigenvalue weighted by atomic mass is 10.3. The molecule has 0 unspecified atom stereocenters. The van der Waals surface area contributed by atoms with Crippen molar-refractivity contribution in [2.45, 2.75) is 13.5 Å². The van der Waals surface area contributed by atoms with Gasteiger partial charge in [-0.2, -0.15) is 0 Å². The van der Waals surface area contributed by atoms with Gasteiger partial charge in [-0.1, -0.05) is 0 Å². The Hall–Kier alpha value is -1.49. The normalized spacial score (nSPS) is 10.6. The van der Waals surface area contributed by atoms with Gasteiger partial charge in [0.15, 0.2) is 0 Å². The van der Waals surface area contributed by atoms with E-state index in [0.29, 0.717) is 6.54 Å². The summed E-state index contributed by atoms with van der Waals surface area (Å²) in [6.45, 7) is 2.39. The highest BCUT2D eigenvalue weighted by molar-refractivity contribution is 9.10. The zero-order chi connectivity index (χ0) is 11.7. The van der Waals surface area contributed by atoms with Gasteiger partial charge in [0.1, 0.15) is 11.5 Å². The first-order valence-corrected chi connectivity index (χ1v) is 5.50. The number of hydrogen-bond acceptors (Lipinski definition) is 2. The fraction of sp³-hybridized carbons (Fsp3) is 0.182. The Labute approximate surface area is 101 Å². The zero-order valence-corrected chi connectivity index (χ0v) is 10.2. The molecule has 2 aromatic rings. The van der Waals surface area contributed by atoms with Gasteiger partial charge in [-0.05, 0) is 41.1 Å².